The summed E-state index contributed by atoms with van der Waals surface area (Å²) < 4.78 is 5.36. The summed E-state index contributed by atoms with van der Waals surface area (Å²) in [6.07, 6.45) is 3.27. The van der Waals surface area contributed by atoms with Crippen LogP contribution in [0.4, 0.5) is 11.5 Å². The lowest BCUT2D eigenvalue weighted by Crippen LogP contribution is -2.43. The molecule has 1 aromatic carbocycles. The molecule has 3 aromatic rings. The smallest absolute Gasteiger partial charge is 0.230 e. The second-order valence-electron chi connectivity index (χ2n) is 6.93. The Balaban J connectivity index is 1.38. The monoisotopic (exact) mass is 376 g/mol. The number of para-hydroxylation sites is 1. The number of carbonyl (C=O) groups is 1. The van der Waals surface area contributed by atoms with Gasteiger partial charge in [-0.05, 0) is 56.2 Å². The quantitative estimate of drug-likeness (QED) is 0.673. The van der Waals surface area contributed by atoms with Gasteiger partial charge in [-0.3, -0.25) is 4.79 Å². The first-order valence-corrected chi connectivity index (χ1v) is 9.75. The Kier molecular flexibility index (Phi) is 5.37. The van der Waals surface area contributed by atoms with Gasteiger partial charge in [0.05, 0.1) is 6.26 Å². The van der Waals surface area contributed by atoms with E-state index in [-0.39, 0.29) is 11.8 Å². The number of aromatic nitrogens is 2. The first-order chi connectivity index (χ1) is 13.8. The number of hydrogen-bond acceptors (Lipinski definition) is 5. The third-order valence-corrected chi connectivity index (χ3v) is 5.24. The summed E-state index contributed by atoms with van der Waals surface area (Å²) in [6, 6.07) is 17.5. The fraction of sp³-hybridized carbons (Fsp3) is 0.318. The predicted octanol–water partition coefficient (Wildman–Crippen LogP) is 4.01. The van der Waals surface area contributed by atoms with Gasteiger partial charge in [-0.2, -0.15) is 0 Å². The molecular weight excluding hydrogens is 352 g/mol. The molecule has 1 amide bonds. The molecule has 28 heavy (non-hydrogen) atoms. The Hall–Kier alpha value is -3.15. The molecule has 1 aliphatic rings. The van der Waals surface area contributed by atoms with Crippen molar-refractivity contribution in [3.63, 3.8) is 0 Å². The van der Waals surface area contributed by atoms with E-state index in [1.165, 1.54) is 0 Å². The first-order valence-electron chi connectivity index (χ1n) is 9.75. The molecule has 0 bridgehead atoms. The van der Waals surface area contributed by atoms with E-state index in [1.54, 1.807) is 6.26 Å². The van der Waals surface area contributed by atoms with Crippen LogP contribution in [0.5, 0.6) is 0 Å². The van der Waals surface area contributed by atoms with E-state index in [0.29, 0.717) is 12.3 Å². The minimum absolute atomic E-state index is 0.0479. The van der Waals surface area contributed by atoms with Crippen molar-refractivity contribution in [2.24, 2.45) is 5.92 Å². The summed E-state index contributed by atoms with van der Waals surface area (Å²) in [6.45, 7) is 4.31. The summed E-state index contributed by atoms with van der Waals surface area (Å²) >= 11 is 0. The van der Waals surface area contributed by atoms with Crippen LogP contribution < -0.4 is 9.80 Å². The van der Waals surface area contributed by atoms with Gasteiger partial charge in [0.2, 0.25) is 5.91 Å². The van der Waals surface area contributed by atoms with Crippen LogP contribution in [0, 0.1) is 5.92 Å². The number of furan rings is 1. The second-order valence-corrected chi connectivity index (χ2v) is 6.93. The fourth-order valence-corrected chi connectivity index (χ4v) is 3.70. The lowest BCUT2D eigenvalue weighted by Gasteiger charge is -2.34. The number of rotatable bonds is 5. The van der Waals surface area contributed by atoms with Crippen molar-refractivity contribution < 1.29 is 9.21 Å². The molecule has 0 spiro atoms. The minimum atomic E-state index is 0.0479. The molecule has 1 aliphatic heterocycles. The Bertz CT molecular complexity index is 886. The van der Waals surface area contributed by atoms with E-state index in [2.05, 4.69) is 15.1 Å². The van der Waals surface area contributed by atoms with Crippen LogP contribution in [0.2, 0.25) is 0 Å². The summed E-state index contributed by atoms with van der Waals surface area (Å²) in [7, 11) is 0. The summed E-state index contributed by atoms with van der Waals surface area (Å²) in [5.74, 6) is 1.82. The highest BCUT2D eigenvalue weighted by Gasteiger charge is 2.29. The number of nitrogens with zero attached hydrogens (tertiary/aromatic N) is 4. The summed E-state index contributed by atoms with van der Waals surface area (Å²) in [5.41, 5.74) is 1.69. The van der Waals surface area contributed by atoms with E-state index in [0.717, 1.165) is 43.1 Å². The van der Waals surface area contributed by atoms with Crippen LogP contribution in [0.15, 0.2) is 65.3 Å². The van der Waals surface area contributed by atoms with Crippen molar-refractivity contribution in [1.82, 2.24) is 10.2 Å². The fourth-order valence-electron chi connectivity index (χ4n) is 3.70. The lowest BCUT2D eigenvalue weighted by molar-refractivity contribution is -0.122. The Morgan fingerprint density at radius 2 is 1.86 bits per heavy atom. The maximum atomic E-state index is 13.0. The molecule has 0 aliphatic carbocycles. The zero-order valence-corrected chi connectivity index (χ0v) is 16.0. The molecule has 4 rings (SSSR count). The SMILES string of the molecule is CCN(C(=O)C1CCN(c2ccc(-c3ccco3)nn2)CC1)c1ccccc1. The van der Waals surface area contributed by atoms with E-state index >= 15 is 0 Å². The van der Waals surface area contributed by atoms with Crippen molar-refractivity contribution in [3.05, 3.63) is 60.9 Å². The molecule has 0 unspecified atom stereocenters. The largest absolute Gasteiger partial charge is 0.463 e. The van der Waals surface area contributed by atoms with Gasteiger partial charge in [0.15, 0.2) is 11.6 Å². The van der Waals surface area contributed by atoms with Gasteiger partial charge in [-0.1, -0.05) is 18.2 Å². The Morgan fingerprint density at radius 3 is 2.46 bits per heavy atom. The third kappa shape index (κ3) is 3.76. The van der Waals surface area contributed by atoms with Gasteiger partial charge >= 0.3 is 0 Å². The molecule has 6 heteroatoms. The van der Waals surface area contributed by atoms with Crippen molar-refractivity contribution in [1.29, 1.82) is 0 Å². The van der Waals surface area contributed by atoms with Crippen LogP contribution >= 0.6 is 0 Å². The number of hydrogen-bond donors (Lipinski definition) is 0. The van der Waals surface area contributed by atoms with Gasteiger partial charge in [0.25, 0.3) is 0 Å². The summed E-state index contributed by atoms with van der Waals surface area (Å²) in [4.78, 5) is 17.1. The molecular formula is C22H24N4O2. The molecule has 0 N–H and O–H groups in total. The maximum absolute atomic E-state index is 13.0. The van der Waals surface area contributed by atoms with E-state index in [9.17, 15) is 4.79 Å². The molecule has 3 heterocycles. The van der Waals surface area contributed by atoms with Crippen molar-refractivity contribution in [2.45, 2.75) is 19.8 Å². The highest BCUT2D eigenvalue weighted by molar-refractivity contribution is 5.95. The molecule has 0 saturated carbocycles. The van der Waals surface area contributed by atoms with Gasteiger partial charge in [0.1, 0.15) is 5.69 Å². The van der Waals surface area contributed by atoms with Gasteiger partial charge in [0, 0.05) is 31.2 Å². The Morgan fingerprint density at radius 1 is 1.07 bits per heavy atom. The number of piperidine rings is 1. The average molecular weight is 376 g/mol. The standard InChI is InChI=1S/C22H24N4O2/c1-2-26(18-7-4-3-5-8-18)22(27)17-12-14-25(15-13-17)21-11-10-19(23-24-21)20-9-6-16-28-20/h3-11,16-17H,2,12-15H2,1H3. The number of anilines is 2. The van der Waals surface area contributed by atoms with Crippen LogP contribution in [-0.2, 0) is 4.79 Å². The molecule has 144 valence electrons. The molecule has 0 radical (unpaired) electrons. The van der Waals surface area contributed by atoms with Crippen molar-refractivity contribution in [2.75, 3.05) is 29.4 Å². The average Bonchev–Trinajstić information content (AvgIpc) is 3.30. The molecule has 6 nitrogen and oxygen atoms in total. The van der Waals surface area contributed by atoms with Crippen molar-refractivity contribution in [3.8, 4) is 11.5 Å². The normalized spacial score (nSPS) is 14.8. The van der Waals surface area contributed by atoms with E-state index in [4.69, 9.17) is 4.42 Å². The zero-order chi connectivity index (χ0) is 19.3. The topological polar surface area (TPSA) is 62.5 Å². The zero-order valence-electron chi connectivity index (χ0n) is 16.0. The molecule has 0 atom stereocenters. The van der Waals surface area contributed by atoms with Crippen LogP contribution in [0.1, 0.15) is 19.8 Å². The second kappa shape index (κ2) is 8.25. The third-order valence-electron chi connectivity index (χ3n) is 5.24. The summed E-state index contributed by atoms with van der Waals surface area (Å²) in [5, 5.41) is 8.62. The van der Waals surface area contributed by atoms with E-state index < -0.39 is 0 Å². The van der Waals surface area contributed by atoms with Gasteiger partial charge < -0.3 is 14.2 Å². The molecule has 1 fully saturated rings. The van der Waals surface area contributed by atoms with Gasteiger partial charge in [-0.15, -0.1) is 10.2 Å². The van der Waals surface area contributed by atoms with Crippen LogP contribution in [0.3, 0.4) is 0 Å². The highest BCUT2D eigenvalue weighted by atomic mass is 16.3. The van der Waals surface area contributed by atoms with Crippen LogP contribution in [-0.4, -0.2) is 35.7 Å². The number of benzene rings is 1. The molecule has 1 saturated heterocycles. The maximum Gasteiger partial charge on any atom is 0.230 e. The van der Waals surface area contributed by atoms with Gasteiger partial charge in [-0.25, -0.2) is 0 Å². The first kappa shape index (κ1) is 18.2. The number of carbonyl (C=O) groups excluding carboxylic acids is 1. The minimum Gasteiger partial charge on any atom is -0.463 e. The molecule has 2 aromatic heterocycles. The van der Waals surface area contributed by atoms with Crippen LogP contribution in [0.25, 0.3) is 11.5 Å². The lowest BCUT2D eigenvalue weighted by atomic mass is 9.95. The predicted molar refractivity (Wildman–Crippen MR) is 109 cm³/mol. The number of amides is 1. The highest BCUT2D eigenvalue weighted by Crippen LogP contribution is 2.26. The Labute approximate surface area is 164 Å². The van der Waals surface area contributed by atoms with Crippen molar-refractivity contribution >= 4 is 17.4 Å². The van der Waals surface area contributed by atoms with E-state index in [1.807, 2.05) is 66.4 Å².